The molecule has 10 nitrogen and oxygen atoms in total. The Balaban J connectivity index is 1.30. The van der Waals surface area contributed by atoms with E-state index in [0.29, 0.717) is 18.5 Å². The van der Waals surface area contributed by atoms with Crippen LogP contribution in [0.5, 0.6) is 0 Å². The summed E-state index contributed by atoms with van der Waals surface area (Å²) in [7, 11) is 3.39. The summed E-state index contributed by atoms with van der Waals surface area (Å²) >= 11 is 0. The predicted molar refractivity (Wildman–Crippen MR) is 137 cm³/mol. The number of fused-ring (bicyclic) bond motifs is 2. The molecule has 0 bridgehead atoms. The second kappa shape index (κ2) is 7.06. The fourth-order valence-corrected chi connectivity index (χ4v) is 6.12. The van der Waals surface area contributed by atoms with Gasteiger partial charge in [-0.3, -0.25) is 29.0 Å². The molecule has 1 atom stereocenters. The van der Waals surface area contributed by atoms with E-state index in [2.05, 4.69) is 5.32 Å². The molecule has 1 N–H and O–H groups in total. The molecule has 1 spiro atoms. The van der Waals surface area contributed by atoms with Crippen LogP contribution < -0.4 is 15.9 Å². The van der Waals surface area contributed by atoms with Crippen molar-refractivity contribution in [1.82, 2.24) is 24.3 Å². The predicted octanol–water partition coefficient (Wildman–Crippen LogP) is 1.70. The van der Waals surface area contributed by atoms with E-state index >= 15 is 0 Å². The number of hydrogen-bond acceptors (Lipinski definition) is 5. The SMILES string of the molecule is Cc1cc2c3c(c1)n(Cc1ccc4cc5c(cc4n1)CC1(C5)C(=O)NC(=O)N1C)c(=O)n3CC(=O)N2C. The molecule has 2 aromatic carbocycles. The summed E-state index contributed by atoms with van der Waals surface area (Å²) in [4.78, 5) is 58.6. The van der Waals surface area contributed by atoms with Crippen LogP contribution in [0.25, 0.3) is 21.9 Å². The van der Waals surface area contributed by atoms with Gasteiger partial charge in [0.2, 0.25) is 5.91 Å². The van der Waals surface area contributed by atoms with Crippen LogP contribution >= 0.6 is 0 Å². The fourth-order valence-electron chi connectivity index (χ4n) is 6.12. The molecule has 186 valence electrons. The average Bonchev–Trinajstić information content (AvgIpc) is 3.43. The van der Waals surface area contributed by atoms with Crippen molar-refractivity contribution in [3.05, 3.63) is 69.3 Å². The molecule has 0 radical (unpaired) electrons. The smallest absolute Gasteiger partial charge is 0.312 e. The van der Waals surface area contributed by atoms with Gasteiger partial charge in [-0.1, -0.05) is 6.07 Å². The lowest BCUT2D eigenvalue weighted by atomic mass is 9.95. The number of aryl methyl sites for hydroxylation is 1. The summed E-state index contributed by atoms with van der Waals surface area (Å²) in [5.41, 5.74) is 5.63. The first kappa shape index (κ1) is 21.8. The maximum Gasteiger partial charge on any atom is 0.330 e. The summed E-state index contributed by atoms with van der Waals surface area (Å²) in [5, 5.41) is 3.37. The van der Waals surface area contributed by atoms with E-state index in [-0.39, 0.29) is 36.6 Å². The number of likely N-dealkylation sites (N-methyl/N-ethyl adjacent to an activating group) is 2. The number of carbonyl (C=O) groups is 3. The van der Waals surface area contributed by atoms with E-state index in [1.807, 2.05) is 43.3 Å². The molecule has 4 heterocycles. The van der Waals surface area contributed by atoms with Crippen LogP contribution in [0.1, 0.15) is 22.4 Å². The number of amides is 4. The summed E-state index contributed by atoms with van der Waals surface area (Å²) in [6, 6.07) is 11.4. The van der Waals surface area contributed by atoms with E-state index in [0.717, 1.165) is 44.3 Å². The Morgan fingerprint density at radius 2 is 1.76 bits per heavy atom. The number of imidazole rings is 1. The average molecular weight is 497 g/mol. The summed E-state index contributed by atoms with van der Waals surface area (Å²) in [6.45, 7) is 2.23. The van der Waals surface area contributed by atoms with Crippen LogP contribution in [0, 0.1) is 6.92 Å². The standard InChI is InChI=1S/C27H24N6O4/c1-14-6-20-23-21(7-14)32(26(37)33(23)13-22(34)30(20)2)12-18-5-4-15-8-16-10-27(11-17(16)9-19(15)28-18)24(35)29-25(36)31(27)3/h4-9H,10-13H2,1-3H3,(H,29,35,36). The molecule has 1 aliphatic carbocycles. The quantitative estimate of drug-likeness (QED) is 0.425. The number of nitrogens with zero attached hydrogens (tertiary/aromatic N) is 5. The molecule has 10 heteroatoms. The zero-order chi connectivity index (χ0) is 25.8. The van der Waals surface area contributed by atoms with Gasteiger partial charge in [-0.05, 0) is 53.9 Å². The summed E-state index contributed by atoms with van der Waals surface area (Å²) in [6.07, 6.45) is 0.909. The molecule has 4 amide bonds. The normalized spacial score (nSPS) is 20.6. The van der Waals surface area contributed by atoms with Crippen molar-refractivity contribution < 1.29 is 14.4 Å². The van der Waals surface area contributed by atoms with Crippen molar-refractivity contribution >= 4 is 45.5 Å². The van der Waals surface area contributed by atoms with Crippen molar-refractivity contribution in [2.75, 3.05) is 19.0 Å². The van der Waals surface area contributed by atoms with Crippen molar-refractivity contribution in [3.8, 4) is 0 Å². The highest BCUT2D eigenvalue weighted by Gasteiger charge is 2.54. The summed E-state index contributed by atoms with van der Waals surface area (Å²) < 4.78 is 3.22. The fraction of sp³-hybridized carbons (Fsp3) is 0.296. The Hall–Kier alpha value is -4.47. The van der Waals surface area contributed by atoms with Gasteiger partial charge in [0.25, 0.3) is 5.91 Å². The lowest BCUT2D eigenvalue weighted by Crippen LogP contribution is -2.48. The zero-order valence-corrected chi connectivity index (χ0v) is 20.7. The largest absolute Gasteiger partial charge is 0.330 e. The van der Waals surface area contributed by atoms with Gasteiger partial charge >= 0.3 is 11.7 Å². The second-order valence-corrected chi connectivity index (χ2v) is 10.4. The molecule has 1 fully saturated rings. The number of anilines is 1. The van der Waals surface area contributed by atoms with Crippen molar-refractivity contribution in [3.63, 3.8) is 0 Å². The van der Waals surface area contributed by atoms with Crippen LogP contribution in [0.3, 0.4) is 0 Å². The van der Waals surface area contributed by atoms with Gasteiger partial charge in [-0.2, -0.15) is 0 Å². The molecule has 0 saturated carbocycles. The molecule has 7 rings (SSSR count). The van der Waals surface area contributed by atoms with Crippen LogP contribution in [-0.4, -0.2) is 56.5 Å². The first-order valence-corrected chi connectivity index (χ1v) is 12.2. The van der Waals surface area contributed by atoms with Crippen LogP contribution in [-0.2, 0) is 35.5 Å². The first-order chi connectivity index (χ1) is 17.7. The van der Waals surface area contributed by atoms with Gasteiger partial charge in [0.05, 0.1) is 34.5 Å². The van der Waals surface area contributed by atoms with Crippen LogP contribution in [0.4, 0.5) is 10.5 Å². The van der Waals surface area contributed by atoms with E-state index in [9.17, 15) is 19.2 Å². The Bertz CT molecular complexity index is 1800. The van der Waals surface area contributed by atoms with Crippen LogP contribution in [0.15, 0.2) is 41.2 Å². The van der Waals surface area contributed by atoms with Crippen LogP contribution in [0.2, 0.25) is 0 Å². The maximum absolute atomic E-state index is 13.4. The van der Waals surface area contributed by atoms with Crippen molar-refractivity contribution in [1.29, 1.82) is 0 Å². The highest BCUT2D eigenvalue weighted by molar-refractivity contribution is 6.08. The van der Waals surface area contributed by atoms with Gasteiger partial charge in [-0.25, -0.2) is 9.59 Å². The number of benzene rings is 2. The lowest BCUT2D eigenvalue weighted by molar-refractivity contribution is -0.125. The van der Waals surface area contributed by atoms with Crippen molar-refractivity contribution in [2.24, 2.45) is 0 Å². The van der Waals surface area contributed by atoms with Gasteiger partial charge in [0, 0.05) is 32.3 Å². The molecule has 1 unspecified atom stereocenters. The zero-order valence-electron chi connectivity index (χ0n) is 20.7. The van der Waals surface area contributed by atoms with E-state index in [1.165, 1.54) is 4.90 Å². The molecular weight excluding hydrogens is 472 g/mol. The number of pyridine rings is 1. The minimum Gasteiger partial charge on any atom is -0.312 e. The summed E-state index contributed by atoms with van der Waals surface area (Å²) in [5.74, 6) is -0.390. The first-order valence-electron chi connectivity index (χ1n) is 12.2. The molecule has 1 saturated heterocycles. The highest BCUT2D eigenvalue weighted by Crippen LogP contribution is 2.38. The Morgan fingerprint density at radius 3 is 2.49 bits per heavy atom. The van der Waals surface area contributed by atoms with Crippen molar-refractivity contribution in [2.45, 2.75) is 38.4 Å². The third-order valence-electron chi connectivity index (χ3n) is 8.21. The van der Waals surface area contributed by atoms with Gasteiger partial charge in [-0.15, -0.1) is 0 Å². The Labute approximate surface area is 211 Å². The minimum absolute atomic E-state index is 0.0124. The number of carbonyl (C=O) groups excluding carboxylic acids is 3. The monoisotopic (exact) mass is 496 g/mol. The van der Waals surface area contributed by atoms with E-state index < -0.39 is 5.54 Å². The Morgan fingerprint density at radius 1 is 1.00 bits per heavy atom. The lowest BCUT2D eigenvalue weighted by Gasteiger charge is -2.27. The third-order valence-corrected chi connectivity index (χ3v) is 8.21. The number of nitrogens with one attached hydrogen (secondary N) is 1. The van der Waals surface area contributed by atoms with E-state index in [1.54, 1.807) is 28.1 Å². The topological polar surface area (TPSA) is 110 Å². The molecular formula is C27H24N6O4. The van der Waals surface area contributed by atoms with E-state index in [4.69, 9.17) is 4.98 Å². The molecule has 2 aromatic heterocycles. The molecule has 37 heavy (non-hydrogen) atoms. The number of imide groups is 1. The maximum atomic E-state index is 13.4. The third kappa shape index (κ3) is 2.83. The van der Waals surface area contributed by atoms with Gasteiger partial charge in [0.1, 0.15) is 12.1 Å². The molecule has 4 aromatic rings. The molecule has 3 aliphatic rings. The molecule has 2 aliphatic heterocycles. The Kier molecular flexibility index (Phi) is 4.16. The van der Waals surface area contributed by atoms with Gasteiger partial charge in [0.15, 0.2) is 0 Å². The number of aromatic nitrogens is 3. The number of hydrogen-bond donors (Lipinski definition) is 1. The minimum atomic E-state index is -0.888. The number of urea groups is 1. The van der Waals surface area contributed by atoms with Gasteiger partial charge < -0.3 is 9.80 Å². The second-order valence-electron chi connectivity index (χ2n) is 10.4. The highest BCUT2D eigenvalue weighted by atomic mass is 16.2. The number of rotatable bonds is 2.